The average molecular weight is 204 g/mol. The van der Waals surface area contributed by atoms with Gasteiger partial charge >= 0.3 is 5.97 Å². The molecule has 0 unspecified atom stereocenters. The summed E-state index contributed by atoms with van der Waals surface area (Å²) in [6.45, 7) is 0. The van der Waals surface area contributed by atoms with Crippen LogP contribution in [0.2, 0.25) is 5.15 Å². The number of rotatable bonds is 2. The van der Waals surface area contributed by atoms with Crippen molar-refractivity contribution in [1.82, 2.24) is 4.98 Å². The number of carbonyl (C=O) groups excluding carboxylic acids is 1. The predicted octanol–water partition coefficient (Wildman–Crippen LogP) is 1.59. The van der Waals surface area contributed by atoms with E-state index in [0.29, 0.717) is 0 Å². The lowest BCUT2D eigenvalue weighted by atomic mass is 10.2. The van der Waals surface area contributed by atoms with Gasteiger partial charge in [0.25, 0.3) is 0 Å². The molecular weight excluding hydrogens is 197 g/mol. The Morgan fingerprint density at radius 1 is 1.69 bits per heavy atom. The van der Waals surface area contributed by atoms with E-state index < -0.39 is 11.8 Å². The minimum absolute atomic E-state index is 0.000602. The highest BCUT2D eigenvalue weighted by Gasteiger charge is 2.09. The fourth-order valence-electron chi connectivity index (χ4n) is 0.791. The number of pyridine rings is 1. The third-order valence-electron chi connectivity index (χ3n) is 1.42. The first-order valence-corrected chi connectivity index (χ1v) is 3.89. The maximum atomic E-state index is 12.9. The third-order valence-corrected chi connectivity index (χ3v) is 1.63. The molecule has 13 heavy (non-hydrogen) atoms. The molecule has 5 heteroatoms. The molecule has 0 aliphatic heterocycles. The van der Waals surface area contributed by atoms with Gasteiger partial charge in [-0.2, -0.15) is 0 Å². The second-order valence-electron chi connectivity index (χ2n) is 2.32. The summed E-state index contributed by atoms with van der Waals surface area (Å²) in [6, 6.07) is 2.48. The van der Waals surface area contributed by atoms with E-state index in [1.807, 2.05) is 0 Å². The lowest BCUT2D eigenvalue weighted by molar-refractivity contribution is -0.139. The molecule has 0 amide bonds. The van der Waals surface area contributed by atoms with E-state index in [-0.39, 0.29) is 17.3 Å². The quantitative estimate of drug-likeness (QED) is 0.541. The minimum Gasteiger partial charge on any atom is -0.469 e. The Morgan fingerprint density at radius 2 is 2.38 bits per heavy atom. The topological polar surface area (TPSA) is 39.2 Å². The van der Waals surface area contributed by atoms with Crippen molar-refractivity contribution in [2.24, 2.45) is 0 Å². The summed E-state index contributed by atoms with van der Waals surface area (Å²) in [6.07, 6.45) is -0.205. The third kappa shape index (κ3) is 2.66. The van der Waals surface area contributed by atoms with Crippen molar-refractivity contribution in [2.45, 2.75) is 6.42 Å². The van der Waals surface area contributed by atoms with E-state index >= 15 is 0 Å². The molecule has 70 valence electrons. The van der Waals surface area contributed by atoms with E-state index in [4.69, 9.17) is 11.6 Å². The van der Waals surface area contributed by atoms with Crippen molar-refractivity contribution in [3.63, 3.8) is 0 Å². The molecule has 3 nitrogen and oxygen atoms in total. The number of hydrogen-bond donors (Lipinski definition) is 0. The highest BCUT2D eigenvalue weighted by molar-refractivity contribution is 6.29. The van der Waals surface area contributed by atoms with Crippen LogP contribution in [-0.4, -0.2) is 18.1 Å². The average Bonchev–Trinajstić information content (AvgIpc) is 2.11. The first-order valence-electron chi connectivity index (χ1n) is 3.51. The zero-order valence-electron chi connectivity index (χ0n) is 6.88. The van der Waals surface area contributed by atoms with E-state index in [1.165, 1.54) is 13.2 Å². The van der Waals surface area contributed by atoms with Gasteiger partial charge in [-0.25, -0.2) is 9.37 Å². The molecule has 0 bridgehead atoms. The maximum Gasteiger partial charge on any atom is 0.311 e. The van der Waals surface area contributed by atoms with Crippen LogP contribution in [0.1, 0.15) is 5.69 Å². The summed E-state index contributed by atoms with van der Waals surface area (Å²) < 4.78 is 17.3. The summed E-state index contributed by atoms with van der Waals surface area (Å²) in [5, 5.41) is 0.153. The Kier molecular flexibility index (Phi) is 3.19. The Morgan fingerprint density at radius 3 is 3.00 bits per heavy atom. The lowest BCUT2D eigenvalue weighted by Gasteiger charge is -2.00. The van der Waals surface area contributed by atoms with Crippen LogP contribution in [0.4, 0.5) is 4.39 Å². The first-order chi connectivity index (χ1) is 6.13. The molecule has 0 saturated heterocycles. The largest absolute Gasteiger partial charge is 0.469 e. The van der Waals surface area contributed by atoms with Gasteiger partial charge in [0, 0.05) is 0 Å². The van der Waals surface area contributed by atoms with Gasteiger partial charge < -0.3 is 4.74 Å². The zero-order chi connectivity index (χ0) is 9.84. The summed E-state index contributed by atoms with van der Waals surface area (Å²) >= 11 is 5.51. The predicted molar refractivity (Wildman–Crippen MR) is 44.9 cm³/mol. The van der Waals surface area contributed by atoms with Gasteiger partial charge in [0.05, 0.1) is 19.2 Å². The van der Waals surface area contributed by atoms with Crippen molar-refractivity contribution in [3.8, 4) is 0 Å². The molecule has 0 aromatic carbocycles. The fraction of sp³-hybridized carbons (Fsp3) is 0.250. The molecule has 1 aromatic heterocycles. The normalized spacial score (nSPS) is 9.77. The Balaban J connectivity index is 2.87. The molecule has 0 N–H and O–H groups in total. The van der Waals surface area contributed by atoms with Crippen LogP contribution in [0.15, 0.2) is 12.1 Å². The highest BCUT2D eigenvalue weighted by atomic mass is 35.5. The highest BCUT2D eigenvalue weighted by Crippen LogP contribution is 2.10. The smallest absolute Gasteiger partial charge is 0.311 e. The van der Waals surface area contributed by atoms with E-state index in [0.717, 1.165) is 6.07 Å². The first kappa shape index (κ1) is 9.92. The van der Waals surface area contributed by atoms with Crippen LogP contribution >= 0.6 is 11.6 Å². The standard InChI is InChI=1S/C8H7ClFNO2/c1-13-8(12)4-6-5(10)2-3-7(9)11-6/h2-3H,4H2,1H3. The van der Waals surface area contributed by atoms with Crippen molar-refractivity contribution in [2.75, 3.05) is 7.11 Å². The Hall–Kier alpha value is -1.16. The molecule has 0 aliphatic carbocycles. The number of methoxy groups -OCH3 is 1. The van der Waals surface area contributed by atoms with Crippen LogP contribution < -0.4 is 0 Å². The maximum absolute atomic E-state index is 12.9. The number of ether oxygens (including phenoxy) is 1. The number of carbonyl (C=O) groups is 1. The molecule has 0 aliphatic rings. The number of esters is 1. The summed E-state index contributed by atoms with van der Waals surface area (Å²) in [5.41, 5.74) is -0.000602. The second-order valence-corrected chi connectivity index (χ2v) is 2.70. The zero-order valence-corrected chi connectivity index (χ0v) is 7.64. The molecular formula is C8H7ClFNO2. The van der Waals surface area contributed by atoms with Gasteiger partial charge in [-0.3, -0.25) is 4.79 Å². The molecule has 0 saturated carbocycles. The summed E-state index contributed by atoms with van der Waals surface area (Å²) in [7, 11) is 1.23. The van der Waals surface area contributed by atoms with Gasteiger partial charge in [-0.15, -0.1) is 0 Å². The lowest BCUT2D eigenvalue weighted by Crippen LogP contribution is -2.08. The van der Waals surface area contributed by atoms with Crippen LogP contribution in [-0.2, 0) is 16.0 Å². The van der Waals surface area contributed by atoms with E-state index in [2.05, 4.69) is 9.72 Å². The molecule has 0 radical (unpaired) electrons. The molecule has 0 atom stereocenters. The number of aromatic nitrogens is 1. The van der Waals surface area contributed by atoms with E-state index in [9.17, 15) is 9.18 Å². The monoisotopic (exact) mass is 203 g/mol. The molecule has 0 spiro atoms. The van der Waals surface area contributed by atoms with Gasteiger partial charge in [0.2, 0.25) is 0 Å². The summed E-state index contributed by atoms with van der Waals surface area (Å²) in [5.74, 6) is -1.11. The van der Waals surface area contributed by atoms with Gasteiger partial charge in [-0.1, -0.05) is 11.6 Å². The van der Waals surface area contributed by atoms with Crippen LogP contribution in [0.3, 0.4) is 0 Å². The SMILES string of the molecule is COC(=O)Cc1nc(Cl)ccc1F. The Labute approximate surface area is 79.5 Å². The van der Waals surface area contributed by atoms with E-state index in [1.54, 1.807) is 0 Å². The van der Waals surface area contributed by atoms with Gasteiger partial charge in [-0.05, 0) is 12.1 Å². The van der Waals surface area contributed by atoms with Crippen LogP contribution in [0.25, 0.3) is 0 Å². The van der Waals surface area contributed by atoms with Crippen molar-refractivity contribution < 1.29 is 13.9 Å². The van der Waals surface area contributed by atoms with Crippen LogP contribution in [0, 0.1) is 5.82 Å². The molecule has 1 aromatic rings. The van der Waals surface area contributed by atoms with Gasteiger partial charge in [0.1, 0.15) is 11.0 Å². The van der Waals surface area contributed by atoms with Crippen molar-refractivity contribution >= 4 is 17.6 Å². The minimum atomic E-state index is -0.560. The Bertz CT molecular complexity index is 330. The fourth-order valence-corrected chi connectivity index (χ4v) is 0.956. The number of nitrogens with zero attached hydrogens (tertiary/aromatic N) is 1. The summed E-state index contributed by atoms with van der Waals surface area (Å²) in [4.78, 5) is 14.4. The molecule has 0 fully saturated rings. The van der Waals surface area contributed by atoms with Crippen molar-refractivity contribution in [1.29, 1.82) is 0 Å². The van der Waals surface area contributed by atoms with Gasteiger partial charge in [0.15, 0.2) is 0 Å². The van der Waals surface area contributed by atoms with Crippen LogP contribution in [0.5, 0.6) is 0 Å². The van der Waals surface area contributed by atoms with Crippen molar-refractivity contribution in [3.05, 3.63) is 28.8 Å². The molecule has 1 rings (SSSR count). The number of halogens is 2. The molecule has 1 heterocycles. The second kappa shape index (κ2) is 4.18. The number of hydrogen-bond acceptors (Lipinski definition) is 3.